The van der Waals surface area contributed by atoms with E-state index in [1.807, 2.05) is 6.92 Å². The molecule has 0 aliphatic heterocycles. The Morgan fingerprint density at radius 3 is 2.08 bits per heavy atom. The first-order valence-corrected chi connectivity index (χ1v) is 13.9. The van der Waals surface area contributed by atoms with Crippen LogP contribution < -0.4 is 9.62 Å². The average Bonchev–Trinajstić information content (AvgIpc) is 2.87. The second kappa shape index (κ2) is 12.4. The lowest BCUT2D eigenvalue weighted by Gasteiger charge is -2.32. The number of anilines is 1. The van der Waals surface area contributed by atoms with Crippen LogP contribution in [0.5, 0.6) is 0 Å². The van der Waals surface area contributed by atoms with E-state index in [1.165, 1.54) is 17.0 Å². The number of nitrogens with one attached hydrogen (secondary N) is 1. The number of sulfonamides is 1. The molecule has 1 N–H and O–H groups in total. The van der Waals surface area contributed by atoms with Crippen LogP contribution in [0.2, 0.25) is 10.0 Å². The number of likely N-dealkylation sites (N-methyl/N-ethyl adjacent to an activating group) is 1. The van der Waals surface area contributed by atoms with E-state index in [0.29, 0.717) is 27.8 Å². The van der Waals surface area contributed by atoms with E-state index in [-0.39, 0.29) is 17.3 Å². The molecular formula is C27H29Cl2N3O4S. The molecule has 0 aliphatic rings. The lowest BCUT2D eigenvalue weighted by atomic mass is 10.1. The Morgan fingerprint density at radius 2 is 1.51 bits per heavy atom. The summed E-state index contributed by atoms with van der Waals surface area (Å²) in [7, 11) is -4.11. The third kappa shape index (κ3) is 6.83. The monoisotopic (exact) mass is 561 g/mol. The van der Waals surface area contributed by atoms with Crippen molar-refractivity contribution in [3.05, 3.63) is 94.0 Å². The molecule has 0 radical (unpaired) electrons. The molecule has 0 spiro atoms. The van der Waals surface area contributed by atoms with Gasteiger partial charge in [-0.1, -0.05) is 65.2 Å². The van der Waals surface area contributed by atoms with E-state index < -0.39 is 28.5 Å². The minimum atomic E-state index is -4.11. The smallest absolute Gasteiger partial charge is 0.264 e. The fourth-order valence-corrected chi connectivity index (χ4v) is 5.65. The molecule has 2 amide bonds. The first kappa shape index (κ1) is 28.5. The highest BCUT2D eigenvalue weighted by atomic mass is 35.5. The average molecular weight is 563 g/mol. The van der Waals surface area contributed by atoms with E-state index in [2.05, 4.69) is 5.32 Å². The van der Waals surface area contributed by atoms with Gasteiger partial charge in [0.05, 0.1) is 10.6 Å². The van der Waals surface area contributed by atoms with E-state index in [9.17, 15) is 18.0 Å². The Labute approximate surface area is 228 Å². The van der Waals surface area contributed by atoms with Gasteiger partial charge >= 0.3 is 0 Å². The van der Waals surface area contributed by atoms with Crippen LogP contribution >= 0.6 is 23.2 Å². The van der Waals surface area contributed by atoms with Crippen molar-refractivity contribution in [1.82, 2.24) is 10.2 Å². The van der Waals surface area contributed by atoms with Gasteiger partial charge in [-0.25, -0.2) is 8.42 Å². The normalized spacial score (nSPS) is 12.0. The molecule has 7 nitrogen and oxygen atoms in total. The number of hydrogen-bond donors (Lipinski definition) is 1. The Balaban J connectivity index is 2.04. The number of hydrogen-bond acceptors (Lipinski definition) is 4. The van der Waals surface area contributed by atoms with E-state index in [4.69, 9.17) is 23.2 Å². The number of benzene rings is 3. The second-order valence-corrected chi connectivity index (χ2v) is 11.1. The zero-order chi connectivity index (χ0) is 27.2. The van der Waals surface area contributed by atoms with Crippen LogP contribution in [0.3, 0.4) is 0 Å². The summed E-state index contributed by atoms with van der Waals surface area (Å²) in [5.41, 5.74) is 1.68. The van der Waals surface area contributed by atoms with Gasteiger partial charge in [-0.2, -0.15) is 0 Å². The summed E-state index contributed by atoms with van der Waals surface area (Å²) in [5.74, 6) is -0.971. The lowest BCUT2D eigenvalue weighted by molar-refractivity contribution is -0.139. The third-order valence-corrected chi connectivity index (χ3v) is 8.34. The van der Waals surface area contributed by atoms with Crippen molar-refractivity contribution in [2.45, 2.75) is 38.3 Å². The van der Waals surface area contributed by atoms with Crippen molar-refractivity contribution in [1.29, 1.82) is 0 Å². The fraction of sp³-hybridized carbons (Fsp3) is 0.259. The van der Waals surface area contributed by atoms with Crippen molar-refractivity contribution in [3.8, 4) is 0 Å². The first-order chi connectivity index (χ1) is 17.6. The molecule has 0 fully saturated rings. The maximum atomic E-state index is 13.8. The van der Waals surface area contributed by atoms with Gasteiger partial charge in [0.15, 0.2) is 0 Å². The summed E-state index contributed by atoms with van der Waals surface area (Å²) >= 11 is 12.7. The maximum absolute atomic E-state index is 13.8. The fourth-order valence-electron chi connectivity index (χ4n) is 3.72. The van der Waals surface area contributed by atoms with E-state index >= 15 is 0 Å². The SMILES string of the molecule is CCNC(=O)C(C)N(Cc1c(Cl)cccc1Cl)C(=O)CN(c1ccccc1)S(=O)(=O)c1ccc(C)cc1. The van der Waals surface area contributed by atoms with E-state index in [1.54, 1.807) is 74.5 Å². The molecule has 0 saturated carbocycles. The van der Waals surface area contributed by atoms with Gasteiger partial charge in [0.1, 0.15) is 12.6 Å². The van der Waals surface area contributed by atoms with Gasteiger partial charge in [-0.05, 0) is 57.2 Å². The van der Waals surface area contributed by atoms with Gasteiger partial charge in [0.25, 0.3) is 10.0 Å². The summed E-state index contributed by atoms with van der Waals surface area (Å²) < 4.78 is 28.5. The molecule has 0 aromatic heterocycles. The molecule has 0 aliphatic carbocycles. The Hall–Kier alpha value is -3.07. The molecule has 0 saturated heterocycles. The number of carbonyl (C=O) groups excluding carboxylic acids is 2. The highest BCUT2D eigenvalue weighted by Crippen LogP contribution is 2.28. The molecule has 37 heavy (non-hydrogen) atoms. The minimum Gasteiger partial charge on any atom is -0.355 e. The standard InChI is InChI=1S/C27H29Cl2N3O4S/c1-4-30-27(34)20(3)31(17-23-24(28)11-8-12-25(23)29)26(33)18-32(21-9-6-5-7-10-21)37(35,36)22-15-13-19(2)14-16-22/h5-16,20H,4,17-18H2,1-3H3,(H,30,34). The second-order valence-electron chi connectivity index (χ2n) is 8.45. The molecule has 3 aromatic rings. The van der Waals surface area contributed by atoms with Crippen molar-refractivity contribution < 1.29 is 18.0 Å². The van der Waals surface area contributed by atoms with Crippen molar-refractivity contribution in [2.24, 2.45) is 0 Å². The number of amides is 2. The molecule has 0 bridgehead atoms. The third-order valence-electron chi connectivity index (χ3n) is 5.84. The summed E-state index contributed by atoms with van der Waals surface area (Å²) in [6.45, 7) is 4.96. The quantitative estimate of drug-likeness (QED) is 0.375. The number of halogens is 2. The predicted octanol–water partition coefficient (Wildman–Crippen LogP) is 5.05. The highest BCUT2D eigenvalue weighted by Gasteiger charge is 2.33. The summed E-state index contributed by atoms with van der Waals surface area (Å²) in [6, 6.07) is 18.8. The van der Waals surface area contributed by atoms with Gasteiger partial charge in [0, 0.05) is 28.7 Å². The Morgan fingerprint density at radius 1 is 0.919 bits per heavy atom. The van der Waals surface area contributed by atoms with Crippen LogP contribution in [0.25, 0.3) is 0 Å². The van der Waals surface area contributed by atoms with Crippen LogP contribution in [0.1, 0.15) is 25.0 Å². The van der Waals surface area contributed by atoms with Gasteiger partial charge in [0.2, 0.25) is 11.8 Å². The number of carbonyl (C=O) groups is 2. The number of nitrogens with zero attached hydrogens (tertiary/aromatic N) is 2. The van der Waals surface area contributed by atoms with Crippen molar-refractivity contribution in [3.63, 3.8) is 0 Å². The van der Waals surface area contributed by atoms with Crippen molar-refractivity contribution in [2.75, 3.05) is 17.4 Å². The Bertz CT molecular complexity index is 1330. The number of rotatable bonds is 10. The molecule has 0 heterocycles. The molecule has 3 rings (SSSR count). The van der Waals surface area contributed by atoms with E-state index in [0.717, 1.165) is 9.87 Å². The summed E-state index contributed by atoms with van der Waals surface area (Å²) in [5, 5.41) is 3.38. The van der Waals surface area contributed by atoms with Gasteiger partial charge in [-0.15, -0.1) is 0 Å². The van der Waals surface area contributed by atoms with Crippen LogP contribution in [0.15, 0.2) is 77.7 Å². The zero-order valence-electron chi connectivity index (χ0n) is 20.8. The molecule has 3 aromatic carbocycles. The largest absolute Gasteiger partial charge is 0.355 e. The molecule has 10 heteroatoms. The zero-order valence-corrected chi connectivity index (χ0v) is 23.1. The maximum Gasteiger partial charge on any atom is 0.264 e. The van der Waals surface area contributed by atoms with Crippen LogP contribution in [0.4, 0.5) is 5.69 Å². The number of para-hydroxylation sites is 1. The molecule has 1 atom stereocenters. The molecule has 196 valence electrons. The van der Waals surface area contributed by atoms with Gasteiger partial charge in [-0.3, -0.25) is 13.9 Å². The van der Waals surface area contributed by atoms with Crippen LogP contribution in [0, 0.1) is 6.92 Å². The number of aryl methyl sites for hydroxylation is 1. The van der Waals surface area contributed by atoms with Gasteiger partial charge < -0.3 is 10.2 Å². The molecule has 1 unspecified atom stereocenters. The lowest BCUT2D eigenvalue weighted by Crippen LogP contribution is -2.51. The Kier molecular flexibility index (Phi) is 9.59. The summed E-state index contributed by atoms with van der Waals surface area (Å²) in [6.07, 6.45) is 0. The predicted molar refractivity (Wildman–Crippen MR) is 147 cm³/mol. The van der Waals surface area contributed by atoms with Crippen molar-refractivity contribution >= 4 is 50.7 Å². The summed E-state index contributed by atoms with van der Waals surface area (Å²) in [4.78, 5) is 27.9. The topological polar surface area (TPSA) is 86.8 Å². The minimum absolute atomic E-state index is 0.0484. The van der Waals surface area contributed by atoms with Crippen LogP contribution in [-0.2, 0) is 26.2 Å². The van der Waals surface area contributed by atoms with Crippen LogP contribution in [-0.4, -0.2) is 44.3 Å². The highest BCUT2D eigenvalue weighted by molar-refractivity contribution is 7.92. The molecular weight excluding hydrogens is 533 g/mol. The first-order valence-electron chi connectivity index (χ1n) is 11.7.